The molecule has 2 aromatic heterocycles. The van der Waals surface area contributed by atoms with Gasteiger partial charge < -0.3 is 10.1 Å². The average Bonchev–Trinajstić information content (AvgIpc) is 3.14. The summed E-state index contributed by atoms with van der Waals surface area (Å²) in [6.45, 7) is 3.39. The monoisotopic (exact) mass is 353 g/mol. The lowest BCUT2D eigenvalue weighted by atomic mass is 10.1. The molecule has 1 aromatic carbocycles. The Labute approximate surface area is 150 Å². The number of benzene rings is 1. The molecule has 0 bridgehead atoms. The zero-order chi connectivity index (χ0) is 18.5. The van der Waals surface area contributed by atoms with E-state index in [4.69, 9.17) is 4.74 Å². The number of fused-ring (bicyclic) bond motifs is 1. The number of aryl methyl sites for hydroxylation is 1. The molecule has 1 amide bonds. The zero-order valence-electron chi connectivity index (χ0n) is 14.5. The third kappa shape index (κ3) is 3.69. The lowest BCUT2D eigenvalue weighted by molar-refractivity contribution is -0.124. The van der Waals surface area contributed by atoms with E-state index in [1.165, 1.54) is 17.0 Å². The summed E-state index contributed by atoms with van der Waals surface area (Å²) in [7, 11) is 0. The fourth-order valence-electron chi connectivity index (χ4n) is 2.65. The van der Waals surface area contributed by atoms with Crippen LogP contribution < -0.4 is 5.32 Å². The summed E-state index contributed by atoms with van der Waals surface area (Å²) in [4.78, 5) is 32.5. The molecule has 3 aromatic rings. The fraction of sp³-hybridized carbons (Fsp3) is 0.278. The molecule has 0 saturated heterocycles. The molecule has 0 aliphatic rings. The van der Waals surface area contributed by atoms with Crippen LogP contribution in [-0.2, 0) is 16.0 Å². The van der Waals surface area contributed by atoms with E-state index in [1.54, 1.807) is 0 Å². The molecule has 134 valence electrons. The number of hydrogen-bond donors (Lipinski definition) is 1. The highest BCUT2D eigenvalue weighted by Gasteiger charge is 2.18. The van der Waals surface area contributed by atoms with E-state index in [2.05, 4.69) is 20.4 Å². The Morgan fingerprint density at radius 2 is 2.00 bits per heavy atom. The van der Waals surface area contributed by atoms with Gasteiger partial charge in [-0.25, -0.2) is 14.3 Å². The SMILES string of the molecule is CCc1c(C(=O)OCC(=O)NC(C)c2ccccc2)cnc2ncnn12. The highest BCUT2D eigenvalue weighted by atomic mass is 16.5. The Hall–Kier alpha value is -3.29. The minimum atomic E-state index is -0.616. The topological polar surface area (TPSA) is 98.5 Å². The number of aromatic nitrogens is 4. The molecule has 0 aliphatic carbocycles. The first kappa shape index (κ1) is 17.5. The number of rotatable bonds is 6. The summed E-state index contributed by atoms with van der Waals surface area (Å²) in [5.74, 6) is -0.579. The fourth-order valence-corrected chi connectivity index (χ4v) is 2.65. The summed E-state index contributed by atoms with van der Waals surface area (Å²) in [6, 6.07) is 9.37. The Morgan fingerprint density at radius 3 is 2.73 bits per heavy atom. The molecule has 0 fully saturated rings. The van der Waals surface area contributed by atoms with Gasteiger partial charge in [-0.15, -0.1) is 0 Å². The van der Waals surface area contributed by atoms with Crippen LogP contribution in [0, 0.1) is 0 Å². The second-order valence-corrected chi connectivity index (χ2v) is 5.72. The summed E-state index contributed by atoms with van der Waals surface area (Å²) in [6.07, 6.45) is 3.31. The summed E-state index contributed by atoms with van der Waals surface area (Å²) in [5.41, 5.74) is 1.88. The number of carbonyl (C=O) groups is 2. The van der Waals surface area contributed by atoms with Gasteiger partial charge in [-0.05, 0) is 18.9 Å². The molecule has 1 unspecified atom stereocenters. The number of esters is 1. The smallest absolute Gasteiger partial charge is 0.342 e. The number of amides is 1. The molecule has 0 radical (unpaired) electrons. The van der Waals surface area contributed by atoms with E-state index in [0.717, 1.165) is 5.56 Å². The molecular formula is C18H19N5O3. The van der Waals surface area contributed by atoms with Crippen LogP contribution in [0.2, 0.25) is 0 Å². The van der Waals surface area contributed by atoms with Crippen molar-refractivity contribution in [3.63, 3.8) is 0 Å². The van der Waals surface area contributed by atoms with Crippen molar-refractivity contribution in [2.75, 3.05) is 6.61 Å². The van der Waals surface area contributed by atoms with Gasteiger partial charge in [-0.3, -0.25) is 4.79 Å². The first-order chi connectivity index (χ1) is 12.6. The van der Waals surface area contributed by atoms with Gasteiger partial charge in [0, 0.05) is 6.20 Å². The standard InChI is InChI=1S/C18H19N5O3/c1-3-15-14(9-19-18-20-11-21-23(15)18)17(25)26-10-16(24)22-12(2)13-7-5-4-6-8-13/h4-9,11-12H,3,10H2,1-2H3,(H,22,24). The van der Waals surface area contributed by atoms with Crippen molar-refractivity contribution in [1.82, 2.24) is 24.9 Å². The Balaban J connectivity index is 1.63. The molecule has 26 heavy (non-hydrogen) atoms. The maximum absolute atomic E-state index is 12.3. The second-order valence-electron chi connectivity index (χ2n) is 5.72. The third-order valence-corrected chi connectivity index (χ3v) is 3.97. The number of hydrogen-bond acceptors (Lipinski definition) is 6. The van der Waals surface area contributed by atoms with Gasteiger partial charge in [0.25, 0.3) is 11.7 Å². The first-order valence-corrected chi connectivity index (χ1v) is 8.29. The van der Waals surface area contributed by atoms with Crippen LogP contribution in [0.5, 0.6) is 0 Å². The van der Waals surface area contributed by atoms with Gasteiger partial charge in [0.15, 0.2) is 6.61 Å². The lowest BCUT2D eigenvalue weighted by Crippen LogP contribution is -2.31. The molecule has 3 rings (SSSR count). The number of nitrogens with zero attached hydrogens (tertiary/aromatic N) is 4. The molecule has 2 heterocycles. The van der Waals surface area contributed by atoms with Crippen LogP contribution in [-0.4, -0.2) is 38.1 Å². The van der Waals surface area contributed by atoms with E-state index in [1.807, 2.05) is 44.2 Å². The Bertz CT molecular complexity index is 923. The molecule has 1 N–H and O–H groups in total. The van der Waals surface area contributed by atoms with Crippen LogP contribution in [0.15, 0.2) is 42.9 Å². The molecule has 0 aliphatic heterocycles. The highest BCUT2D eigenvalue weighted by Crippen LogP contribution is 2.12. The van der Waals surface area contributed by atoms with Crippen molar-refractivity contribution < 1.29 is 14.3 Å². The molecule has 0 spiro atoms. The van der Waals surface area contributed by atoms with Gasteiger partial charge >= 0.3 is 5.97 Å². The van der Waals surface area contributed by atoms with E-state index >= 15 is 0 Å². The van der Waals surface area contributed by atoms with Crippen molar-refractivity contribution in [2.24, 2.45) is 0 Å². The Kier molecular flexibility index (Phi) is 5.21. The normalized spacial score (nSPS) is 11.9. The highest BCUT2D eigenvalue weighted by molar-refractivity contribution is 5.92. The number of ether oxygens (including phenoxy) is 1. The zero-order valence-corrected chi connectivity index (χ0v) is 14.5. The minimum absolute atomic E-state index is 0.179. The average molecular weight is 353 g/mol. The van der Waals surface area contributed by atoms with Gasteiger partial charge in [0.2, 0.25) is 0 Å². The first-order valence-electron chi connectivity index (χ1n) is 8.29. The van der Waals surface area contributed by atoms with Gasteiger partial charge in [0.05, 0.1) is 17.3 Å². The predicted octanol–water partition coefficient (Wildman–Crippen LogP) is 1.72. The summed E-state index contributed by atoms with van der Waals surface area (Å²) in [5, 5.41) is 6.85. The van der Waals surface area contributed by atoms with Gasteiger partial charge in [-0.2, -0.15) is 10.1 Å². The van der Waals surface area contributed by atoms with Crippen molar-refractivity contribution >= 4 is 17.7 Å². The van der Waals surface area contributed by atoms with Gasteiger partial charge in [0.1, 0.15) is 6.33 Å². The largest absolute Gasteiger partial charge is 0.452 e. The molecule has 1 atom stereocenters. The van der Waals surface area contributed by atoms with Crippen molar-refractivity contribution in [1.29, 1.82) is 0 Å². The number of nitrogens with one attached hydrogen (secondary N) is 1. The quantitative estimate of drug-likeness (QED) is 0.678. The van der Waals surface area contributed by atoms with Crippen molar-refractivity contribution in [3.05, 3.63) is 59.7 Å². The second kappa shape index (κ2) is 7.73. The summed E-state index contributed by atoms with van der Waals surface area (Å²) >= 11 is 0. The van der Waals surface area contributed by atoms with E-state index in [9.17, 15) is 9.59 Å². The Morgan fingerprint density at radius 1 is 1.23 bits per heavy atom. The maximum atomic E-state index is 12.3. The van der Waals surface area contributed by atoms with Gasteiger partial charge in [-0.1, -0.05) is 37.3 Å². The lowest BCUT2D eigenvalue weighted by Gasteiger charge is -2.14. The van der Waals surface area contributed by atoms with Crippen molar-refractivity contribution in [3.8, 4) is 0 Å². The molecule has 0 saturated carbocycles. The van der Waals surface area contributed by atoms with Crippen LogP contribution >= 0.6 is 0 Å². The molecule has 8 heteroatoms. The molecule has 8 nitrogen and oxygen atoms in total. The van der Waals surface area contributed by atoms with Crippen LogP contribution in [0.4, 0.5) is 0 Å². The van der Waals surface area contributed by atoms with Crippen LogP contribution in [0.1, 0.15) is 41.5 Å². The number of carbonyl (C=O) groups excluding carboxylic acids is 2. The van der Waals surface area contributed by atoms with Crippen LogP contribution in [0.3, 0.4) is 0 Å². The predicted molar refractivity (Wildman–Crippen MR) is 93.4 cm³/mol. The van der Waals surface area contributed by atoms with Crippen molar-refractivity contribution in [2.45, 2.75) is 26.3 Å². The minimum Gasteiger partial charge on any atom is -0.452 e. The van der Waals surface area contributed by atoms with Crippen LogP contribution in [0.25, 0.3) is 5.78 Å². The maximum Gasteiger partial charge on any atom is 0.342 e. The third-order valence-electron chi connectivity index (χ3n) is 3.97. The van der Waals surface area contributed by atoms with E-state index in [0.29, 0.717) is 17.9 Å². The molecular weight excluding hydrogens is 334 g/mol. The van der Waals surface area contributed by atoms with E-state index < -0.39 is 5.97 Å². The summed E-state index contributed by atoms with van der Waals surface area (Å²) < 4.78 is 6.64. The van der Waals surface area contributed by atoms with E-state index in [-0.39, 0.29) is 24.1 Å².